The fraction of sp³-hybridized carbons (Fsp3) is 0.200. The average molecular weight is 288 g/mol. The molecule has 0 saturated heterocycles. The number of hydrogen-bond acceptors (Lipinski definition) is 5. The Kier molecular flexibility index (Phi) is 3.53. The molecule has 0 bridgehead atoms. The molecule has 0 atom stereocenters. The van der Waals surface area contributed by atoms with Crippen molar-refractivity contribution in [3.05, 3.63) is 35.2 Å². The van der Waals surface area contributed by atoms with Crippen molar-refractivity contribution >= 4 is 27.6 Å². The van der Waals surface area contributed by atoms with Gasteiger partial charge in [0.1, 0.15) is 4.90 Å². The van der Waals surface area contributed by atoms with Crippen molar-refractivity contribution in [2.75, 3.05) is 4.72 Å². The molecule has 0 aliphatic rings. The summed E-state index contributed by atoms with van der Waals surface area (Å²) in [4.78, 5) is 3.83. The number of anilines is 1. The van der Waals surface area contributed by atoms with E-state index in [0.29, 0.717) is 12.3 Å². The molecular formula is C10H10ClN3O3S. The lowest BCUT2D eigenvalue weighted by Crippen LogP contribution is -2.14. The third-order valence-electron chi connectivity index (χ3n) is 2.12. The number of benzene rings is 1. The summed E-state index contributed by atoms with van der Waals surface area (Å²) in [6.45, 7) is 1.82. The molecule has 0 unspecified atom stereocenters. The van der Waals surface area contributed by atoms with Gasteiger partial charge in [-0.3, -0.25) is 0 Å². The SMILES string of the molecule is CCc1nc(NS(=O)(=O)c2ccccc2Cl)no1. The lowest BCUT2D eigenvalue weighted by Gasteiger charge is -2.05. The number of halogens is 1. The Bertz CT molecular complexity index is 654. The number of aryl methyl sites for hydroxylation is 1. The molecule has 1 heterocycles. The van der Waals surface area contributed by atoms with Crippen LogP contribution in [0.25, 0.3) is 0 Å². The Morgan fingerprint density at radius 1 is 1.39 bits per heavy atom. The first-order chi connectivity index (χ1) is 8.53. The van der Waals surface area contributed by atoms with Crippen LogP contribution in [0.4, 0.5) is 5.95 Å². The smallest absolute Gasteiger partial charge is 0.277 e. The van der Waals surface area contributed by atoms with Gasteiger partial charge in [0.25, 0.3) is 16.0 Å². The van der Waals surface area contributed by atoms with E-state index in [1.54, 1.807) is 12.1 Å². The fourth-order valence-electron chi connectivity index (χ4n) is 1.28. The van der Waals surface area contributed by atoms with Crippen LogP contribution in [0, 0.1) is 0 Å². The zero-order valence-electron chi connectivity index (χ0n) is 9.42. The van der Waals surface area contributed by atoms with Gasteiger partial charge in [0.2, 0.25) is 5.89 Å². The van der Waals surface area contributed by atoms with E-state index in [1.807, 2.05) is 6.92 Å². The van der Waals surface area contributed by atoms with Crippen molar-refractivity contribution in [2.24, 2.45) is 0 Å². The molecular weight excluding hydrogens is 278 g/mol. The number of nitrogens with one attached hydrogen (secondary N) is 1. The Balaban J connectivity index is 2.30. The van der Waals surface area contributed by atoms with Crippen LogP contribution in [0.1, 0.15) is 12.8 Å². The molecule has 6 nitrogen and oxygen atoms in total. The van der Waals surface area contributed by atoms with Gasteiger partial charge in [-0.15, -0.1) is 0 Å². The largest absolute Gasteiger partial charge is 0.337 e. The van der Waals surface area contributed by atoms with Crippen LogP contribution in [0.5, 0.6) is 0 Å². The highest BCUT2D eigenvalue weighted by molar-refractivity contribution is 7.92. The first-order valence-electron chi connectivity index (χ1n) is 5.13. The number of rotatable bonds is 4. The first-order valence-corrected chi connectivity index (χ1v) is 6.99. The molecule has 1 aromatic heterocycles. The Labute approximate surface area is 109 Å². The van der Waals surface area contributed by atoms with Crippen molar-refractivity contribution < 1.29 is 12.9 Å². The van der Waals surface area contributed by atoms with Crippen LogP contribution in [0.15, 0.2) is 33.7 Å². The van der Waals surface area contributed by atoms with Crippen molar-refractivity contribution in [2.45, 2.75) is 18.2 Å². The molecule has 0 amide bonds. The maximum Gasteiger partial charge on any atom is 0.277 e. The molecule has 2 rings (SSSR count). The Morgan fingerprint density at radius 3 is 2.72 bits per heavy atom. The van der Waals surface area contributed by atoms with E-state index in [4.69, 9.17) is 16.1 Å². The first kappa shape index (κ1) is 12.8. The van der Waals surface area contributed by atoms with Crippen LogP contribution < -0.4 is 4.72 Å². The van der Waals surface area contributed by atoms with E-state index in [9.17, 15) is 8.42 Å². The molecule has 1 N–H and O–H groups in total. The van der Waals surface area contributed by atoms with Crippen LogP contribution in [-0.2, 0) is 16.4 Å². The summed E-state index contributed by atoms with van der Waals surface area (Å²) < 4.78 is 31.0. The third-order valence-corrected chi connectivity index (χ3v) is 3.95. The minimum absolute atomic E-state index is 0.0329. The molecule has 0 spiro atoms. The molecule has 2 aromatic rings. The summed E-state index contributed by atoms with van der Waals surface area (Å²) in [5.41, 5.74) is 0. The minimum atomic E-state index is -3.81. The highest BCUT2D eigenvalue weighted by atomic mass is 35.5. The molecule has 0 radical (unpaired) electrons. The van der Waals surface area contributed by atoms with Gasteiger partial charge in [-0.05, 0) is 17.3 Å². The Hall–Kier alpha value is -1.60. The number of sulfonamides is 1. The van der Waals surface area contributed by atoms with Crippen LogP contribution in [0.2, 0.25) is 5.02 Å². The fourth-order valence-corrected chi connectivity index (χ4v) is 2.73. The van der Waals surface area contributed by atoms with Crippen LogP contribution in [0.3, 0.4) is 0 Å². The van der Waals surface area contributed by atoms with E-state index in [1.165, 1.54) is 12.1 Å². The summed E-state index contributed by atoms with van der Waals surface area (Å²) in [5.74, 6) is 0.249. The van der Waals surface area contributed by atoms with Crippen molar-refractivity contribution in [3.8, 4) is 0 Å². The summed E-state index contributed by atoms with van der Waals surface area (Å²) in [7, 11) is -3.81. The van der Waals surface area contributed by atoms with Gasteiger partial charge in [-0.1, -0.05) is 30.7 Å². The predicted molar refractivity (Wildman–Crippen MR) is 65.9 cm³/mol. The number of nitrogens with zero attached hydrogens (tertiary/aromatic N) is 2. The predicted octanol–water partition coefficient (Wildman–Crippen LogP) is 2.09. The molecule has 0 saturated carbocycles. The summed E-state index contributed by atoms with van der Waals surface area (Å²) in [6.07, 6.45) is 0.529. The van der Waals surface area contributed by atoms with Gasteiger partial charge in [0.15, 0.2) is 0 Å². The van der Waals surface area contributed by atoms with Gasteiger partial charge in [-0.25, -0.2) is 13.1 Å². The molecule has 1 aromatic carbocycles. The van der Waals surface area contributed by atoms with E-state index in [0.717, 1.165) is 0 Å². The summed E-state index contributed by atoms with van der Waals surface area (Å²) in [5, 5.41) is 3.64. The maximum absolute atomic E-state index is 12.0. The van der Waals surface area contributed by atoms with Gasteiger partial charge in [0.05, 0.1) is 5.02 Å². The highest BCUT2D eigenvalue weighted by Crippen LogP contribution is 2.22. The van der Waals surface area contributed by atoms with Crippen LogP contribution in [-0.4, -0.2) is 18.6 Å². The van der Waals surface area contributed by atoms with Gasteiger partial charge in [-0.2, -0.15) is 4.98 Å². The summed E-state index contributed by atoms with van der Waals surface area (Å²) in [6, 6.07) is 6.11. The van der Waals surface area contributed by atoms with Crippen LogP contribution >= 0.6 is 11.6 Å². The zero-order chi connectivity index (χ0) is 13.2. The standard InChI is InChI=1S/C10H10ClN3O3S/c1-2-9-12-10(13-17-9)14-18(15,16)8-6-4-3-5-7(8)11/h3-6H,2H2,1H3,(H,13,14). The second kappa shape index (κ2) is 4.95. The van der Waals surface area contributed by atoms with E-state index < -0.39 is 10.0 Å². The van der Waals surface area contributed by atoms with Crippen molar-refractivity contribution in [3.63, 3.8) is 0 Å². The quantitative estimate of drug-likeness (QED) is 0.930. The molecule has 0 aliphatic carbocycles. The number of aromatic nitrogens is 2. The molecule has 0 aliphatic heterocycles. The van der Waals surface area contributed by atoms with Gasteiger partial charge in [0, 0.05) is 6.42 Å². The van der Waals surface area contributed by atoms with E-state index in [-0.39, 0.29) is 15.9 Å². The van der Waals surface area contributed by atoms with E-state index in [2.05, 4.69) is 14.9 Å². The lowest BCUT2D eigenvalue weighted by molar-refractivity contribution is 0.383. The van der Waals surface area contributed by atoms with Crippen molar-refractivity contribution in [1.29, 1.82) is 0 Å². The lowest BCUT2D eigenvalue weighted by atomic mass is 10.4. The molecule has 18 heavy (non-hydrogen) atoms. The maximum atomic E-state index is 12.0. The summed E-state index contributed by atoms with van der Waals surface area (Å²) >= 11 is 5.82. The van der Waals surface area contributed by atoms with Gasteiger partial charge < -0.3 is 4.52 Å². The number of hydrogen-bond donors (Lipinski definition) is 1. The highest BCUT2D eigenvalue weighted by Gasteiger charge is 2.19. The average Bonchev–Trinajstić information content (AvgIpc) is 2.76. The molecule has 8 heteroatoms. The van der Waals surface area contributed by atoms with Gasteiger partial charge >= 0.3 is 0 Å². The van der Waals surface area contributed by atoms with E-state index >= 15 is 0 Å². The Morgan fingerprint density at radius 2 is 2.11 bits per heavy atom. The van der Waals surface area contributed by atoms with Crippen molar-refractivity contribution in [1.82, 2.24) is 10.1 Å². The minimum Gasteiger partial charge on any atom is -0.337 e. The second-order valence-electron chi connectivity index (χ2n) is 3.40. The third kappa shape index (κ3) is 2.62. The molecule has 0 fully saturated rings. The second-order valence-corrected chi connectivity index (χ2v) is 5.46. The topological polar surface area (TPSA) is 85.1 Å². The monoisotopic (exact) mass is 287 g/mol. The molecule has 96 valence electrons. The zero-order valence-corrected chi connectivity index (χ0v) is 11.0. The normalized spacial score (nSPS) is 11.4.